The lowest BCUT2D eigenvalue weighted by Gasteiger charge is -2.19. The highest BCUT2D eigenvalue weighted by Crippen LogP contribution is 1.97. The molecule has 9 heavy (non-hydrogen) atoms. The van der Waals surface area contributed by atoms with E-state index in [4.69, 9.17) is 9.84 Å². The van der Waals surface area contributed by atoms with Gasteiger partial charge in [-0.15, -0.1) is 0 Å². The molecule has 1 fully saturated rings. The van der Waals surface area contributed by atoms with E-state index in [-0.39, 0.29) is 0 Å². The number of hydrogen-bond acceptors (Lipinski definition) is 3. The van der Waals surface area contributed by atoms with Crippen molar-refractivity contribution in [2.24, 2.45) is 0 Å². The summed E-state index contributed by atoms with van der Waals surface area (Å²) in [5, 5.41) is 11.1. The third-order valence-corrected chi connectivity index (χ3v) is 1.28. The van der Waals surface area contributed by atoms with Gasteiger partial charge in [0.1, 0.15) is 6.04 Å². The number of ether oxygens (including phenoxy) is 1. The van der Waals surface area contributed by atoms with E-state index in [0.29, 0.717) is 19.8 Å². The maximum atomic E-state index is 10.2. The van der Waals surface area contributed by atoms with Crippen molar-refractivity contribution in [3.8, 4) is 0 Å². The smallest absolute Gasteiger partial charge is 0.320 e. The quantitative estimate of drug-likeness (QED) is 0.499. The molecule has 1 saturated heterocycles. The highest BCUT2D eigenvalue weighted by molar-refractivity contribution is 5.73. The number of carboxylic acids is 1. The second-order valence-electron chi connectivity index (χ2n) is 1.94. The van der Waals surface area contributed by atoms with Gasteiger partial charge in [-0.25, -0.2) is 0 Å². The maximum Gasteiger partial charge on any atom is 0.320 e. The normalized spacial score (nSPS) is 27.8. The molecule has 4 nitrogen and oxygen atoms in total. The zero-order chi connectivity index (χ0) is 6.69. The van der Waals surface area contributed by atoms with E-state index in [1.807, 2.05) is 0 Å². The minimum Gasteiger partial charge on any atom is -0.480 e. The molecular weight excluding hydrogens is 122 g/mol. The molecule has 0 spiro atoms. The fourth-order valence-corrected chi connectivity index (χ4v) is 0.746. The van der Waals surface area contributed by atoms with Crippen LogP contribution in [-0.2, 0) is 9.53 Å². The van der Waals surface area contributed by atoms with Crippen LogP contribution < -0.4 is 5.32 Å². The van der Waals surface area contributed by atoms with E-state index in [0.717, 1.165) is 0 Å². The zero-order valence-corrected chi connectivity index (χ0v) is 4.96. The van der Waals surface area contributed by atoms with E-state index in [2.05, 4.69) is 5.32 Å². The maximum absolute atomic E-state index is 10.2. The Balaban J connectivity index is 2.31. The highest BCUT2D eigenvalue weighted by atomic mass is 16.5. The fraction of sp³-hybridized carbons (Fsp3) is 0.800. The van der Waals surface area contributed by atoms with E-state index in [9.17, 15) is 4.79 Å². The van der Waals surface area contributed by atoms with Crippen LogP contribution in [0.2, 0.25) is 0 Å². The monoisotopic (exact) mass is 131 g/mol. The molecule has 0 aromatic heterocycles. The topological polar surface area (TPSA) is 58.6 Å². The van der Waals surface area contributed by atoms with Crippen molar-refractivity contribution in [2.75, 3.05) is 13.3 Å². The van der Waals surface area contributed by atoms with Crippen LogP contribution >= 0.6 is 0 Å². The van der Waals surface area contributed by atoms with Gasteiger partial charge in [0.05, 0.1) is 13.3 Å². The van der Waals surface area contributed by atoms with Crippen molar-refractivity contribution in [3.63, 3.8) is 0 Å². The van der Waals surface area contributed by atoms with E-state index >= 15 is 0 Å². The average molecular weight is 131 g/mol. The molecule has 1 atom stereocenters. The van der Waals surface area contributed by atoms with Gasteiger partial charge < -0.3 is 9.84 Å². The number of hydrogen-bond donors (Lipinski definition) is 2. The second-order valence-corrected chi connectivity index (χ2v) is 1.94. The number of carboxylic acid groups (broad SMARTS) is 1. The predicted octanol–water partition coefficient (Wildman–Crippen LogP) is -0.593. The van der Waals surface area contributed by atoms with Crippen molar-refractivity contribution in [3.05, 3.63) is 0 Å². The molecule has 0 radical (unpaired) electrons. The summed E-state index contributed by atoms with van der Waals surface area (Å²) in [6, 6.07) is -0.404. The third kappa shape index (κ3) is 1.65. The van der Waals surface area contributed by atoms with Gasteiger partial charge in [-0.2, -0.15) is 0 Å². The van der Waals surface area contributed by atoms with Crippen LogP contribution in [0, 0.1) is 0 Å². The van der Waals surface area contributed by atoms with Gasteiger partial charge in [0.2, 0.25) is 0 Å². The van der Waals surface area contributed by atoms with Crippen LogP contribution in [0.4, 0.5) is 0 Å². The lowest BCUT2D eigenvalue weighted by Crippen LogP contribution is -2.42. The molecule has 0 aromatic carbocycles. The third-order valence-electron chi connectivity index (χ3n) is 1.28. The van der Waals surface area contributed by atoms with Crippen molar-refractivity contribution in [1.29, 1.82) is 0 Å². The number of rotatable bonds is 1. The summed E-state index contributed by atoms with van der Waals surface area (Å²) in [6.07, 6.45) is 0.565. The molecular formula is C5H9NO3. The summed E-state index contributed by atoms with van der Waals surface area (Å²) >= 11 is 0. The Bertz CT molecular complexity index is 109. The molecule has 0 saturated carbocycles. The molecule has 2 N–H and O–H groups in total. The predicted molar refractivity (Wildman–Crippen MR) is 30.0 cm³/mol. The summed E-state index contributed by atoms with van der Waals surface area (Å²) in [5.41, 5.74) is 0. The van der Waals surface area contributed by atoms with Crippen LogP contribution in [0.1, 0.15) is 6.42 Å². The standard InChI is InChI=1S/C5H9NO3/c7-5(8)4-1-2-9-3-6-4/h4,6H,1-3H2,(H,7,8). The van der Waals surface area contributed by atoms with Crippen LogP contribution in [0.3, 0.4) is 0 Å². The minimum absolute atomic E-state index is 0.358. The van der Waals surface area contributed by atoms with Crippen LogP contribution in [0.15, 0.2) is 0 Å². The number of nitrogens with one attached hydrogen (secondary N) is 1. The van der Waals surface area contributed by atoms with Gasteiger partial charge in [-0.05, 0) is 6.42 Å². The molecule has 0 aliphatic carbocycles. The molecule has 1 rings (SSSR count). The molecule has 1 aliphatic heterocycles. The molecule has 4 heteroatoms. The Morgan fingerprint density at radius 1 is 1.78 bits per heavy atom. The number of aliphatic carboxylic acids is 1. The Morgan fingerprint density at radius 3 is 2.89 bits per heavy atom. The molecule has 1 unspecified atom stereocenters. The summed E-state index contributed by atoms with van der Waals surface area (Å²) in [5.74, 6) is -0.793. The van der Waals surface area contributed by atoms with E-state index in [1.165, 1.54) is 0 Å². The Hall–Kier alpha value is -0.610. The van der Waals surface area contributed by atoms with E-state index < -0.39 is 12.0 Å². The largest absolute Gasteiger partial charge is 0.480 e. The summed E-state index contributed by atoms with van der Waals surface area (Å²) in [4.78, 5) is 10.2. The number of carbonyl (C=O) groups is 1. The lowest BCUT2D eigenvalue weighted by molar-refractivity contribution is -0.142. The van der Waals surface area contributed by atoms with Gasteiger partial charge in [-0.1, -0.05) is 0 Å². The van der Waals surface area contributed by atoms with Crippen molar-refractivity contribution >= 4 is 5.97 Å². The van der Waals surface area contributed by atoms with Gasteiger partial charge in [-0.3, -0.25) is 10.1 Å². The van der Waals surface area contributed by atoms with Gasteiger partial charge in [0, 0.05) is 0 Å². The molecule has 1 aliphatic rings. The molecule has 52 valence electrons. The average Bonchev–Trinajstić information content (AvgIpc) is 1.90. The van der Waals surface area contributed by atoms with Crippen molar-refractivity contribution < 1.29 is 14.6 Å². The SMILES string of the molecule is O=C(O)C1CCOCN1. The van der Waals surface area contributed by atoms with Gasteiger partial charge in [0.25, 0.3) is 0 Å². The first-order valence-corrected chi connectivity index (χ1v) is 2.84. The van der Waals surface area contributed by atoms with Crippen molar-refractivity contribution in [1.82, 2.24) is 5.32 Å². The van der Waals surface area contributed by atoms with Gasteiger partial charge in [0.15, 0.2) is 0 Å². The zero-order valence-electron chi connectivity index (χ0n) is 4.96. The van der Waals surface area contributed by atoms with E-state index in [1.54, 1.807) is 0 Å². The van der Waals surface area contributed by atoms with Gasteiger partial charge >= 0.3 is 5.97 Å². The molecule has 0 amide bonds. The first kappa shape index (κ1) is 6.51. The summed E-state index contributed by atoms with van der Waals surface area (Å²) < 4.78 is 4.88. The second kappa shape index (κ2) is 2.80. The summed E-state index contributed by atoms with van der Waals surface area (Å²) in [7, 11) is 0. The Kier molecular flexibility index (Phi) is 2.02. The molecule has 1 heterocycles. The Labute approximate surface area is 52.8 Å². The fourth-order valence-electron chi connectivity index (χ4n) is 0.746. The van der Waals surface area contributed by atoms with Crippen molar-refractivity contribution in [2.45, 2.75) is 12.5 Å². The Morgan fingerprint density at radius 2 is 2.56 bits per heavy atom. The molecule has 0 bridgehead atoms. The van der Waals surface area contributed by atoms with Crippen LogP contribution in [0.5, 0.6) is 0 Å². The highest BCUT2D eigenvalue weighted by Gasteiger charge is 2.18. The molecule has 0 aromatic rings. The summed E-state index contributed by atoms with van der Waals surface area (Å²) in [6.45, 7) is 0.904. The lowest BCUT2D eigenvalue weighted by atomic mass is 10.2. The van der Waals surface area contributed by atoms with Crippen LogP contribution in [-0.4, -0.2) is 30.5 Å². The first-order chi connectivity index (χ1) is 4.30. The minimum atomic E-state index is -0.793. The van der Waals surface area contributed by atoms with Crippen LogP contribution in [0.25, 0.3) is 0 Å². The first-order valence-electron chi connectivity index (χ1n) is 2.84.